The molecule has 0 fully saturated rings. The Morgan fingerprint density at radius 2 is 1.05 bits per heavy atom. The summed E-state index contributed by atoms with van der Waals surface area (Å²) in [7, 11) is 6.49. The Bertz CT molecular complexity index is 2600. The Kier molecular flexibility index (Phi) is 15.2. The number of anilines is 6. The van der Waals surface area contributed by atoms with Crippen LogP contribution in [0.5, 0.6) is 23.0 Å². The molecule has 334 valence electrons. The Morgan fingerprint density at radius 3 is 1.44 bits per heavy atom. The van der Waals surface area contributed by atoms with E-state index in [2.05, 4.69) is 67.1 Å². The number of hydrogen-bond acceptors (Lipinski definition) is 21. The molecule has 0 aliphatic carbocycles. The lowest BCUT2D eigenvalue weighted by molar-refractivity contribution is 0.322. The van der Waals surface area contributed by atoms with Gasteiger partial charge in [0.2, 0.25) is 11.9 Å². The second-order valence-electron chi connectivity index (χ2n) is 13.7. The molecule has 3 N–H and O–H groups in total. The summed E-state index contributed by atoms with van der Waals surface area (Å²) >= 11 is 3.76. The maximum absolute atomic E-state index is 9.81. The number of methoxy groups -OCH3 is 4. The average Bonchev–Trinajstić information content (AvgIpc) is 3.93. The summed E-state index contributed by atoms with van der Waals surface area (Å²) in [6.07, 6.45) is 0. The van der Waals surface area contributed by atoms with Crippen molar-refractivity contribution >= 4 is 113 Å². The molecule has 0 saturated carbocycles. The van der Waals surface area contributed by atoms with Crippen molar-refractivity contribution in [3.63, 3.8) is 0 Å². The quantitative estimate of drug-likeness (QED) is 0.0453. The van der Waals surface area contributed by atoms with Crippen LogP contribution in [0.25, 0.3) is 21.8 Å². The van der Waals surface area contributed by atoms with Crippen LogP contribution in [0.2, 0.25) is 0 Å². The molecule has 4 aromatic carbocycles. The monoisotopic (exact) mass is 923 g/mol. The normalized spacial score (nSPS) is 11.5. The summed E-state index contributed by atoms with van der Waals surface area (Å²) in [5, 5.41) is 38.6. The maximum Gasteiger partial charge on any atom is 0.233 e. The third kappa shape index (κ3) is 10.2. The summed E-state index contributed by atoms with van der Waals surface area (Å²) in [5.74, 6) is 3.39. The standard InChI is InChI=1S/C43H49N13O5S3/c1-9-55(10-2)35-21-31(33(23-37(35)60-7)49-51-39-27-19-25(58-5)13-15-29(27)53-63-39)44-41-46-42(48-43(47-41)62-18-17-57)45-32-22-36(56(11-3)12-4)38(61-8)24-34(32)50-52-40-28-20-26(59-6)14-16-30(28)54-64-40/h13-16,19-24,57H,9-12,17-18H2,1-8H3,(H2,44,45,46,47,48)/b51-49+,52-50+. The van der Waals surface area contributed by atoms with Crippen LogP contribution in [-0.2, 0) is 0 Å². The van der Waals surface area contributed by atoms with E-state index in [9.17, 15) is 5.11 Å². The Morgan fingerprint density at radius 1 is 0.594 bits per heavy atom. The second-order valence-corrected chi connectivity index (χ2v) is 16.2. The predicted octanol–water partition coefficient (Wildman–Crippen LogP) is 11.2. The van der Waals surface area contributed by atoms with Gasteiger partial charge in [0.1, 0.15) is 34.4 Å². The van der Waals surface area contributed by atoms with Crippen molar-refractivity contribution in [2.24, 2.45) is 20.5 Å². The van der Waals surface area contributed by atoms with Gasteiger partial charge in [-0.15, -0.1) is 20.5 Å². The van der Waals surface area contributed by atoms with Crippen LogP contribution in [0.4, 0.5) is 56.0 Å². The first-order valence-corrected chi connectivity index (χ1v) is 23.0. The number of rotatable bonds is 21. The molecule has 0 bridgehead atoms. The van der Waals surface area contributed by atoms with Crippen LogP contribution in [0.3, 0.4) is 0 Å². The average molecular weight is 924 g/mol. The lowest BCUT2D eigenvalue weighted by Gasteiger charge is -2.25. The van der Waals surface area contributed by atoms with E-state index in [1.165, 1.54) is 34.8 Å². The number of aromatic nitrogens is 5. The number of thioether (sulfide) groups is 1. The fraction of sp³-hybridized carbons (Fsp3) is 0.326. The van der Waals surface area contributed by atoms with Crippen molar-refractivity contribution in [2.45, 2.75) is 32.9 Å². The molecule has 0 aliphatic rings. The van der Waals surface area contributed by atoms with Gasteiger partial charge in [0, 0.05) is 54.8 Å². The predicted molar refractivity (Wildman–Crippen MR) is 258 cm³/mol. The van der Waals surface area contributed by atoms with Crippen molar-refractivity contribution in [1.29, 1.82) is 0 Å². The highest BCUT2D eigenvalue weighted by molar-refractivity contribution is 7.99. The van der Waals surface area contributed by atoms with Gasteiger partial charge in [-0.25, -0.2) is 0 Å². The maximum atomic E-state index is 9.81. The van der Waals surface area contributed by atoms with Crippen molar-refractivity contribution in [2.75, 3.05) is 87.4 Å². The summed E-state index contributed by atoms with van der Waals surface area (Å²) in [6.45, 7) is 11.2. The first-order valence-electron chi connectivity index (χ1n) is 20.4. The number of azo groups is 2. The van der Waals surface area contributed by atoms with Crippen LogP contribution < -0.4 is 39.4 Å². The van der Waals surface area contributed by atoms with E-state index in [1.54, 1.807) is 28.4 Å². The zero-order chi connectivity index (χ0) is 45.2. The summed E-state index contributed by atoms with van der Waals surface area (Å²) in [5.41, 5.74) is 5.30. The highest BCUT2D eigenvalue weighted by Crippen LogP contribution is 2.44. The minimum absolute atomic E-state index is 0.0787. The lowest BCUT2D eigenvalue weighted by Crippen LogP contribution is -2.22. The third-order valence-electron chi connectivity index (χ3n) is 10.1. The van der Waals surface area contributed by atoms with Crippen molar-refractivity contribution in [3.05, 3.63) is 60.7 Å². The zero-order valence-electron chi connectivity index (χ0n) is 36.7. The van der Waals surface area contributed by atoms with E-state index < -0.39 is 0 Å². The molecule has 0 radical (unpaired) electrons. The molecule has 7 rings (SSSR count). The Balaban J connectivity index is 1.32. The molecule has 7 aromatic rings. The fourth-order valence-electron chi connectivity index (χ4n) is 6.75. The van der Waals surface area contributed by atoms with Gasteiger partial charge in [0.15, 0.2) is 15.2 Å². The van der Waals surface area contributed by atoms with Gasteiger partial charge in [-0.3, -0.25) is 0 Å². The number of fused-ring (bicyclic) bond motifs is 2. The molecule has 0 spiro atoms. The smallest absolute Gasteiger partial charge is 0.233 e. The molecule has 64 heavy (non-hydrogen) atoms. The minimum Gasteiger partial charge on any atom is -0.497 e. The van der Waals surface area contributed by atoms with Crippen molar-refractivity contribution in [3.8, 4) is 23.0 Å². The molecule has 21 heteroatoms. The number of benzene rings is 4. The molecular weight excluding hydrogens is 875 g/mol. The molecule has 3 aromatic heterocycles. The summed E-state index contributed by atoms with van der Waals surface area (Å²) < 4.78 is 31.8. The van der Waals surface area contributed by atoms with Crippen molar-refractivity contribution in [1.82, 2.24) is 23.7 Å². The first-order chi connectivity index (χ1) is 31.3. The fourth-order valence-corrected chi connectivity index (χ4v) is 8.70. The van der Waals surface area contributed by atoms with Gasteiger partial charge < -0.3 is 44.5 Å². The summed E-state index contributed by atoms with van der Waals surface area (Å²) in [6, 6.07) is 18.8. The Hall–Kier alpha value is -6.42. The number of hydrogen-bond donors (Lipinski definition) is 3. The van der Waals surface area contributed by atoms with Crippen LogP contribution in [-0.4, -0.2) is 95.8 Å². The second kappa shape index (κ2) is 21.3. The van der Waals surface area contributed by atoms with Gasteiger partial charge in [0.25, 0.3) is 0 Å². The van der Waals surface area contributed by atoms with E-state index in [0.29, 0.717) is 66.7 Å². The third-order valence-corrected chi connectivity index (χ3v) is 12.4. The highest BCUT2D eigenvalue weighted by atomic mass is 32.2. The number of nitrogens with zero attached hydrogens (tertiary/aromatic N) is 11. The minimum atomic E-state index is -0.0787. The first kappa shape index (κ1) is 45.6. The van der Waals surface area contributed by atoms with Gasteiger partial charge in [-0.1, -0.05) is 11.8 Å². The van der Waals surface area contributed by atoms with Gasteiger partial charge >= 0.3 is 0 Å². The highest BCUT2D eigenvalue weighted by Gasteiger charge is 2.20. The van der Waals surface area contributed by atoms with E-state index in [-0.39, 0.29) is 18.5 Å². The van der Waals surface area contributed by atoms with Crippen LogP contribution in [0.15, 0.2) is 86.3 Å². The largest absolute Gasteiger partial charge is 0.497 e. The molecule has 0 atom stereocenters. The molecule has 0 saturated heterocycles. The van der Waals surface area contributed by atoms with E-state index in [0.717, 1.165) is 59.4 Å². The van der Waals surface area contributed by atoms with Crippen LogP contribution in [0, 0.1) is 0 Å². The van der Waals surface area contributed by atoms with Gasteiger partial charge in [-0.05, 0) is 99.3 Å². The lowest BCUT2D eigenvalue weighted by atomic mass is 10.2. The molecule has 3 heterocycles. The molecular formula is C43H49N13O5S3. The molecule has 0 unspecified atom stereocenters. The van der Waals surface area contributed by atoms with Crippen LogP contribution >= 0.6 is 34.8 Å². The Labute approximate surface area is 383 Å². The topological polar surface area (TPSA) is 202 Å². The van der Waals surface area contributed by atoms with Crippen molar-refractivity contribution < 1.29 is 24.1 Å². The number of aliphatic hydroxyl groups is 1. The van der Waals surface area contributed by atoms with E-state index in [4.69, 9.17) is 44.1 Å². The molecule has 0 aliphatic heterocycles. The molecule has 18 nitrogen and oxygen atoms in total. The number of nitrogens with one attached hydrogen (secondary N) is 2. The number of aliphatic hydroxyl groups excluding tert-OH is 1. The molecule has 0 amide bonds. The zero-order valence-corrected chi connectivity index (χ0v) is 39.2. The van der Waals surface area contributed by atoms with E-state index >= 15 is 0 Å². The van der Waals surface area contributed by atoms with Gasteiger partial charge in [0.05, 0.1) is 68.8 Å². The SMILES string of the molecule is CCN(CC)c1cc(Nc2nc(Nc3cc(N(CC)CC)c(OC)cc3/N=N/c3snc4ccc(OC)cc34)nc(SCCO)n2)c(/N=N/c2snc3ccc(OC)cc23)cc1OC. The van der Waals surface area contributed by atoms with Crippen LogP contribution in [0.1, 0.15) is 27.7 Å². The van der Waals surface area contributed by atoms with E-state index in [1.807, 2.05) is 60.7 Å². The summed E-state index contributed by atoms with van der Waals surface area (Å²) in [4.78, 5) is 18.8. The number of ether oxygens (including phenoxy) is 4. The van der Waals surface area contributed by atoms with Gasteiger partial charge in [-0.2, -0.15) is 23.7 Å².